The predicted octanol–water partition coefficient (Wildman–Crippen LogP) is 0.665. The highest BCUT2D eigenvalue weighted by molar-refractivity contribution is 5.87. The number of halogens is 1. The summed E-state index contributed by atoms with van der Waals surface area (Å²) in [6.07, 6.45) is 0. The van der Waals surface area contributed by atoms with Gasteiger partial charge in [-0.2, -0.15) is 0 Å². The number of carbonyl (C=O) groups excluding carboxylic acids is 1. The smallest absolute Gasteiger partial charge is 0.335 e. The summed E-state index contributed by atoms with van der Waals surface area (Å²) in [4.78, 5) is 21.9. The molecule has 0 aliphatic heterocycles. The lowest BCUT2D eigenvalue weighted by atomic mass is 10.2. The van der Waals surface area contributed by atoms with Gasteiger partial charge < -0.3 is 19.9 Å². The number of carboxylic acid groups (broad SMARTS) is 1. The lowest BCUT2D eigenvalue weighted by molar-refractivity contribution is -0.123. The number of amides is 1. The van der Waals surface area contributed by atoms with Crippen molar-refractivity contribution in [1.29, 1.82) is 0 Å². The van der Waals surface area contributed by atoms with Crippen LogP contribution in [0.1, 0.15) is 10.4 Å². The highest BCUT2D eigenvalue weighted by Gasteiger charge is 2.10. The SMILES string of the molecule is COCCNC(=O)COc1ccc(C(=O)O)cc1F. The van der Waals surface area contributed by atoms with Gasteiger partial charge >= 0.3 is 5.97 Å². The molecule has 0 aliphatic rings. The van der Waals surface area contributed by atoms with E-state index in [1.54, 1.807) is 0 Å². The van der Waals surface area contributed by atoms with Crippen LogP contribution in [-0.4, -0.2) is 43.9 Å². The zero-order valence-electron chi connectivity index (χ0n) is 10.3. The number of aromatic carboxylic acids is 1. The van der Waals surface area contributed by atoms with Gasteiger partial charge in [0.25, 0.3) is 5.91 Å². The van der Waals surface area contributed by atoms with Crippen LogP contribution < -0.4 is 10.1 Å². The van der Waals surface area contributed by atoms with E-state index in [2.05, 4.69) is 5.32 Å². The van der Waals surface area contributed by atoms with Crippen molar-refractivity contribution in [2.75, 3.05) is 26.9 Å². The average Bonchev–Trinajstić information content (AvgIpc) is 2.37. The van der Waals surface area contributed by atoms with E-state index in [0.717, 1.165) is 6.07 Å². The quantitative estimate of drug-likeness (QED) is 0.712. The molecule has 0 fully saturated rings. The maximum absolute atomic E-state index is 13.4. The maximum Gasteiger partial charge on any atom is 0.335 e. The van der Waals surface area contributed by atoms with Crippen LogP contribution in [0.3, 0.4) is 0 Å². The van der Waals surface area contributed by atoms with Crippen LogP contribution in [0.4, 0.5) is 4.39 Å². The van der Waals surface area contributed by atoms with Gasteiger partial charge in [-0.3, -0.25) is 4.79 Å². The van der Waals surface area contributed by atoms with E-state index in [9.17, 15) is 14.0 Å². The highest BCUT2D eigenvalue weighted by Crippen LogP contribution is 2.18. The topological polar surface area (TPSA) is 84.9 Å². The van der Waals surface area contributed by atoms with Crippen molar-refractivity contribution < 1.29 is 28.6 Å². The van der Waals surface area contributed by atoms with Gasteiger partial charge in [-0.25, -0.2) is 9.18 Å². The maximum atomic E-state index is 13.4. The molecule has 1 aromatic carbocycles. The Balaban J connectivity index is 2.49. The van der Waals surface area contributed by atoms with Crippen molar-refractivity contribution in [2.45, 2.75) is 0 Å². The van der Waals surface area contributed by atoms with Gasteiger partial charge in [0, 0.05) is 13.7 Å². The number of methoxy groups -OCH3 is 1. The lowest BCUT2D eigenvalue weighted by Crippen LogP contribution is -2.31. The fraction of sp³-hybridized carbons (Fsp3) is 0.333. The largest absolute Gasteiger partial charge is 0.481 e. The standard InChI is InChI=1S/C12H14FNO5/c1-18-5-4-14-11(15)7-19-10-3-2-8(12(16)17)6-9(10)13/h2-3,6H,4-5,7H2,1H3,(H,14,15)(H,16,17). The molecule has 0 bridgehead atoms. The van der Waals surface area contributed by atoms with Gasteiger partial charge in [0.2, 0.25) is 0 Å². The Morgan fingerprint density at radius 2 is 2.16 bits per heavy atom. The molecule has 1 rings (SSSR count). The molecule has 0 saturated heterocycles. The van der Waals surface area contributed by atoms with Crippen molar-refractivity contribution in [3.63, 3.8) is 0 Å². The summed E-state index contributed by atoms with van der Waals surface area (Å²) in [7, 11) is 1.50. The fourth-order valence-electron chi connectivity index (χ4n) is 1.24. The van der Waals surface area contributed by atoms with Crippen LogP contribution >= 0.6 is 0 Å². The Morgan fingerprint density at radius 1 is 1.42 bits per heavy atom. The molecule has 0 radical (unpaired) electrons. The third-order valence-electron chi connectivity index (χ3n) is 2.17. The number of rotatable bonds is 7. The van der Waals surface area contributed by atoms with Gasteiger partial charge in [-0.05, 0) is 18.2 Å². The number of nitrogens with one attached hydrogen (secondary N) is 1. The van der Waals surface area contributed by atoms with E-state index < -0.39 is 17.7 Å². The van der Waals surface area contributed by atoms with E-state index in [4.69, 9.17) is 14.6 Å². The molecule has 2 N–H and O–H groups in total. The minimum absolute atomic E-state index is 0.174. The summed E-state index contributed by atoms with van der Waals surface area (Å²) in [5.74, 6) is -2.65. The third-order valence-corrected chi connectivity index (χ3v) is 2.17. The van der Waals surface area contributed by atoms with Crippen molar-refractivity contribution in [3.05, 3.63) is 29.6 Å². The Kier molecular flexibility index (Phi) is 5.74. The lowest BCUT2D eigenvalue weighted by Gasteiger charge is -2.08. The summed E-state index contributed by atoms with van der Waals surface area (Å²) in [5.41, 5.74) is -0.186. The van der Waals surface area contributed by atoms with Crippen molar-refractivity contribution in [1.82, 2.24) is 5.32 Å². The van der Waals surface area contributed by atoms with Gasteiger partial charge in [0.15, 0.2) is 18.2 Å². The molecule has 0 atom stereocenters. The van der Waals surface area contributed by atoms with Crippen LogP contribution in [-0.2, 0) is 9.53 Å². The molecule has 1 amide bonds. The fourth-order valence-corrected chi connectivity index (χ4v) is 1.24. The molecule has 0 aromatic heterocycles. The van der Waals surface area contributed by atoms with Crippen molar-refractivity contribution >= 4 is 11.9 Å². The van der Waals surface area contributed by atoms with Crippen molar-refractivity contribution in [2.24, 2.45) is 0 Å². The number of ether oxygens (including phenoxy) is 2. The number of hydrogen-bond donors (Lipinski definition) is 2. The Morgan fingerprint density at radius 3 is 2.74 bits per heavy atom. The second-order valence-corrected chi connectivity index (χ2v) is 3.58. The minimum Gasteiger partial charge on any atom is -0.481 e. The van der Waals surface area contributed by atoms with Crippen LogP contribution in [0.25, 0.3) is 0 Å². The first-order valence-electron chi connectivity index (χ1n) is 5.46. The molecule has 6 nitrogen and oxygen atoms in total. The molecular weight excluding hydrogens is 257 g/mol. The van der Waals surface area contributed by atoms with Gasteiger partial charge in [-0.1, -0.05) is 0 Å². The molecule has 0 spiro atoms. The van der Waals surface area contributed by atoms with Gasteiger partial charge in [0.05, 0.1) is 12.2 Å². The van der Waals surface area contributed by atoms with Crippen LogP contribution in [0.2, 0.25) is 0 Å². The number of carboxylic acids is 1. The predicted molar refractivity (Wildman–Crippen MR) is 63.7 cm³/mol. The monoisotopic (exact) mass is 271 g/mol. The van der Waals surface area contributed by atoms with E-state index >= 15 is 0 Å². The first kappa shape index (κ1) is 14.9. The molecule has 0 heterocycles. The van der Waals surface area contributed by atoms with E-state index in [1.165, 1.54) is 19.2 Å². The summed E-state index contributed by atoms with van der Waals surface area (Å²) in [5, 5.41) is 11.2. The Labute approximate surface area is 109 Å². The summed E-state index contributed by atoms with van der Waals surface area (Å²) >= 11 is 0. The van der Waals surface area contributed by atoms with Crippen LogP contribution in [0, 0.1) is 5.82 Å². The molecule has 0 saturated carbocycles. The van der Waals surface area contributed by atoms with Crippen molar-refractivity contribution in [3.8, 4) is 5.75 Å². The zero-order valence-corrected chi connectivity index (χ0v) is 10.3. The molecule has 0 aliphatic carbocycles. The highest BCUT2D eigenvalue weighted by atomic mass is 19.1. The van der Waals surface area contributed by atoms with E-state index in [-0.39, 0.29) is 17.9 Å². The summed E-state index contributed by atoms with van der Waals surface area (Å²) in [6.45, 7) is 0.347. The van der Waals surface area contributed by atoms with Crippen LogP contribution in [0.5, 0.6) is 5.75 Å². The van der Waals surface area contributed by atoms with E-state index in [1.807, 2.05) is 0 Å². The molecule has 0 unspecified atom stereocenters. The molecule has 19 heavy (non-hydrogen) atoms. The van der Waals surface area contributed by atoms with E-state index in [0.29, 0.717) is 13.2 Å². The molecule has 7 heteroatoms. The minimum atomic E-state index is -1.23. The summed E-state index contributed by atoms with van der Waals surface area (Å²) < 4.78 is 23.1. The third kappa shape index (κ3) is 4.92. The molecule has 104 valence electrons. The average molecular weight is 271 g/mol. The molecular formula is C12H14FNO5. The number of benzene rings is 1. The van der Waals surface area contributed by atoms with Crippen LogP contribution in [0.15, 0.2) is 18.2 Å². The Bertz CT molecular complexity index is 463. The second kappa shape index (κ2) is 7.32. The number of carbonyl (C=O) groups is 2. The first-order valence-corrected chi connectivity index (χ1v) is 5.46. The molecule has 1 aromatic rings. The normalized spacial score (nSPS) is 10.0. The number of hydrogen-bond acceptors (Lipinski definition) is 4. The zero-order chi connectivity index (χ0) is 14.3. The van der Waals surface area contributed by atoms with Gasteiger partial charge in [-0.15, -0.1) is 0 Å². The summed E-state index contributed by atoms with van der Waals surface area (Å²) in [6, 6.07) is 3.20. The van der Waals surface area contributed by atoms with Gasteiger partial charge in [0.1, 0.15) is 0 Å². The first-order chi connectivity index (χ1) is 9.04. The second-order valence-electron chi connectivity index (χ2n) is 3.58. The Hall–Kier alpha value is -2.15.